The van der Waals surface area contributed by atoms with Gasteiger partial charge in [0.05, 0.1) is 4.92 Å². The highest BCUT2D eigenvalue weighted by Gasteiger charge is 2.13. The molecule has 20 heavy (non-hydrogen) atoms. The minimum atomic E-state index is -0.451. The first-order valence-electron chi connectivity index (χ1n) is 6.13. The van der Waals surface area contributed by atoms with Crippen molar-refractivity contribution in [3.8, 4) is 0 Å². The van der Waals surface area contributed by atoms with Crippen LogP contribution in [0.1, 0.15) is 20.8 Å². The number of carbonyl (C=O) groups is 1. The number of hydrogen-bond donors (Lipinski definition) is 1. The summed E-state index contributed by atoms with van der Waals surface area (Å²) in [6, 6.07) is 8.38. The Balaban J connectivity index is 1.95. The fraction of sp³-hybridized carbons (Fsp3) is 0.214. The summed E-state index contributed by atoms with van der Waals surface area (Å²) >= 11 is 1.65. The molecule has 0 unspecified atom stereocenters. The topological polar surface area (TPSA) is 72.2 Å². The molecule has 6 heteroatoms. The Hall–Kier alpha value is -2.21. The van der Waals surface area contributed by atoms with Gasteiger partial charge in [0.25, 0.3) is 11.6 Å². The van der Waals surface area contributed by atoms with Gasteiger partial charge in [0, 0.05) is 28.6 Å². The number of aryl methyl sites for hydroxylation is 1. The minimum Gasteiger partial charge on any atom is -0.352 e. The maximum atomic E-state index is 11.9. The molecule has 1 amide bonds. The van der Waals surface area contributed by atoms with Crippen LogP contribution in [0.25, 0.3) is 0 Å². The van der Waals surface area contributed by atoms with Crippen molar-refractivity contribution in [1.82, 2.24) is 5.32 Å². The van der Waals surface area contributed by atoms with Gasteiger partial charge in [-0.2, -0.15) is 0 Å². The molecule has 2 rings (SSSR count). The fourth-order valence-corrected chi connectivity index (χ4v) is 2.57. The molecular weight excluding hydrogens is 276 g/mol. The van der Waals surface area contributed by atoms with Gasteiger partial charge in [-0.15, -0.1) is 11.3 Å². The van der Waals surface area contributed by atoms with Crippen LogP contribution in [0.2, 0.25) is 0 Å². The van der Waals surface area contributed by atoms with Gasteiger partial charge in [-0.3, -0.25) is 14.9 Å². The quantitative estimate of drug-likeness (QED) is 0.679. The third-order valence-electron chi connectivity index (χ3n) is 2.89. The number of carbonyl (C=O) groups excluding carboxylic acids is 1. The summed E-state index contributed by atoms with van der Waals surface area (Å²) in [6.45, 7) is 2.18. The Kier molecular flexibility index (Phi) is 4.47. The molecule has 1 aromatic carbocycles. The van der Waals surface area contributed by atoms with E-state index in [1.165, 1.54) is 17.0 Å². The molecule has 1 aromatic heterocycles. The second-order valence-corrected chi connectivity index (χ2v) is 5.38. The number of nitrogens with one attached hydrogen (secondary N) is 1. The summed E-state index contributed by atoms with van der Waals surface area (Å²) in [6.07, 6.45) is 0.787. The van der Waals surface area contributed by atoms with Crippen LogP contribution < -0.4 is 5.32 Å². The van der Waals surface area contributed by atoms with Crippen molar-refractivity contribution in [2.24, 2.45) is 0 Å². The molecule has 0 radical (unpaired) electrons. The lowest BCUT2D eigenvalue weighted by atomic mass is 10.1. The zero-order valence-electron chi connectivity index (χ0n) is 11.0. The van der Waals surface area contributed by atoms with Gasteiger partial charge in [0.15, 0.2) is 0 Å². The van der Waals surface area contributed by atoms with Crippen molar-refractivity contribution in [2.45, 2.75) is 13.3 Å². The van der Waals surface area contributed by atoms with Crippen LogP contribution in [0.4, 0.5) is 5.69 Å². The van der Waals surface area contributed by atoms with Gasteiger partial charge < -0.3 is 5.32 Å². The highest BCUT2D eigenvalue weighted by molar-refractivity contribution is 7.09. The van der Waals surface area contributed by atoms with Crippen LogP contribution in [-0.2, 0) is 6.42 Å². The van der Waals surface area contributed by atoms with E-state index in [2.05, 4.69) is 5.32 Å². The second kappa shape index (κ2) is 6.29. The van der Waals surface area contributed by atoms with Crippen LogP contribution in [0.15, 0.2) is 35.7 Å². The molecule has 0 aliphatic carbocycles. The van der Waals surface area contributed by atoms with E-state index in [1.807, 2.05) is 17.5 Å². The third kappa shape index (κ3) is 3.42. The number of benzene rings is 1. The second-order valence-electron chi connectivity index (χ2n) is 4.34. The number of amides is 1. The number of nitro benzene ring substituents is 1. The molecule has 2 aromatic rings. The largest absolute Gasteiger partial charge is 0.352 e. The summed E-state index contributed by atoms with van der Waals surface area (Å²) in [5.41, 5.74) is 0.959. The Morgan fingerprint density at radius 2 is 2.20 bits per heavy atom. The van der Waals surface area contributed by atoms with E-state index in [0.29, 0.717) is 17.7 Å². The lowest BCUT2D eigenvalue weighted by Gasteiger charge is -2.05. The van der Waals surface area contributed by atoms with Crippen LogP contribution in [0.3, 0.4) is 0 Å². The van der Waals surface area contributed by atoms with Gasteiger partial charge in [-0.1, -0.05) is 6.07 Å². The van der Waals surface area contributed by atoms with Crippen LogP contribution in [0.5, 0.6) is 0 Å². The van der Waals surface area contributed by atoms with E-state index >= 15 is 0 Å². The van der Waals surface area contributed by atoms with Crippen molar-refractivity contribution < 1.29 is 9.72 Å². The SMILES string of the molecule is Cc1cc(C(=O)NCCc2cccs2)ccc1[N+](=O)[O-]. The first-order valence-corrected chi connectivity index (χ1v) is 7.01. The first-order chi connectivity index (χ1) is 9.58. The van der Waals surface area contributed by atoms with E-state index in [-0.39, 0.29) is 11.6 Å². The molecule has 0 aliphatic rings. The molecule has 0 fully saturated rings. The molecule has 1 heterocycles. The van der Waals surface area contributed by atoms with E-state index in [0.717, 1.165) is 6.42 Å². The predicted molar refractivity (Wildman–Crippen MR) is 78.2 cm³/mol. The van der Waals surface area contributed by atoms with Crippen molar-refractivity contribution >= 4 is 22.9 Å². The highest BCUT2D eigenvalue weighted by atomic mass is 32.1. The molecule has 0 saturated heterocycles. The van der Waals surface area contributed by atoms with Crippen molar-refractivity contribution in [3.05, 3.63) is 61.8 Å². The molecule has 0 saturated carbocycles. The normalized spacial score (nSPS) is 10.2. The molecule has 5 nitrogen and oxygen atoms in total. The summed E-state index contributed by atoms with van der Waals surface area (Å²) in [5, 5.41) is 15.5. The highest BCUT2D eigenvalue weighted by Crippen LogP contribution is 2.18. The molecule has 0 spiro atoms. The maximum absolute atomic E-state index is 11.9. The fourth-order valence-electron chi connectivity index (χ4n) is 1.86. The summed E-state index contributed by atoms with van der Waals surface area (Å²) in [5.74, 6) is -0.209. The average molecular weight is 290 g/mol. The van der Waals surface area contributed by atoms with Crippen LogP contribution in [-0.4, -0.2) is 17.4 Å². The summed E-state index contributed by atoms with van der Waals surface area (Å²) in [7, 11) is 0. The van der Waals surface area contributed by atoms with Gasteiger partial charge in [0.1, 0.15) is 0 Å². The third-order valence-corrected chi connectivity index (χ3v) is 3.83. The zero-order valence-corrected chi connectivity index (χ0v) is 11.8. The monoisotopic (exact) mass is 290 g/mol. The van der Waals surface area contributed by atoms with Gasteiger partial charge >= 0.3 is 0 Å². The van der Waals surface area contributed by atoms with Gasteiger partial charge in [-0.25, -0.2) is 0 Å². The van der Waals surface area contributed by atoms with Crippen molar-refractivity contribution in [1.29, 1.82) is 0 Å². The number of hydrogen-bond acceptors (Lipinski definition) is 4. The number of thiophene rings is 1. The Bertz CT molecular complexity index is 623. The van der Waals surface area contributed by atoms with Crippen LogP contribution >= 0.6 is 11.3 Å². The number of nitro groups is 1. The molecule has 104 valence electrons. The van der Waals surface area contributed by atoms with E-state index < -0.39 is 4.92 Å². The lowest BCUT2D eigenvalue weighted by molar-refractivity contribution is -0.385. The van der Waals surface area contributed by atoms with E-state index in [4.69, 9.17) is 0 Å². The zero-order chi connectivity index (χ0) is 14.5. The molecule has 0 bridgehead atoms. The number of rotatable bonds is 5. The average Bonchev–Trinajstić information content (AvgIpc) is 2.91. The minimum absolute atomic E-state index is 0.0279. The van der Waals surface area contributed by atoms with Crippen LogP contribution in [0, 0.1) is 17.0 Å². The molecule has 0 atom stereocenters. The van der Waals surface area contributed by atoms with E-state index in [1.54, 1.807) is 24.3 Å². The molecular formula is C14H14N2O3S. The number of nitrogens with zero attached hydrogens (tertiary/aromatic N) is 1. The Morgan fingerprint density at radius 1 is 1.40 bits per heavy atom. The van der Waals surface area contributed by atoms with Gasteiger partial charge in [-0.05, 0) is 36.9 Å². The van der Waals surface area contributed by atoms with Crippen molar-refractivity contribution in [2.75, 3.05) is 6.54 Å². The van der Waals surface area contributed by atoms with Gasteiger partial charge in [0.2, 0.25) is 0 Å². The Morgan fingerprint density at radius 3 is 2.80 bits per heavy atom. The molecule has 1 N–H and O–H groups in total. The summed E-state index contributed by atoms with van der Waals surface area (Å²) < 4.78 is 0. The summed E-state index contributed by atoms with van der Waals surface area (Å²) in [4.78, 5) is 23.4. The lowest BCUT2D eigenvalue weighted by Crippen LogP contribution is -2.25. The van der Waals surface area contributed by atoms with E-state index in [9.17, 15) is 14.9 Å². The molecule has 0 aliphatic heterocycles. The van der Waals surface area contributed by atoms with Crippen molar-refractivity contribution in [3.63, 3.8) is 0 Å². The Labute approximate surface area is 120 Å². The smallest absolute Gasteiger partial charge is 0.272 e. The predicted octanol–water partition coefficient (Wildman–Crippen LogP) is 2.94. The maximum Gasteiger partial charge on any atom is 0.272 e. The standard InChI is InChI=1S/C14H14N2O3S/c1-10-9-11(4-5-13(10)16(18)19)14(17)15-7-6-12-3-2-8-20-12/h2-5,8-9H,6-7H2,1H3,(H,15,17). The first kappa shape index (κ1) is 14.2.